The molecule has 1 aliphatic rings. The predicted molar refractivity (Wildman–Crippen MR) is 68.7 cm³/mol. The fourth-order valence-corrected chi connectivity index (χ4v) is 2.22. The predicted octanol–water partition coefficient (Wildman–Crippen LogP) is 0.899. The second kappa shape index (κ2) is 6.36. The Morgan fingerprint density at radius 3 is 2.71 bits per heavy atom. The fourth-order valence-electron chi connectivity index (χ4n) is 2.22. The third kappa shape index (κ3) is 4.64. The Morgan fingerprint density at radius 1 is 1.53 bits per heavy atom. The zero-order valence-electron chi connectivity index (χ0n) is 11.3. The van der Waals surface area contributed by atoms with Crippen molar-refractivity contribution in [3.8, 4) is 0 Å². The van der Waals surface area contributed by atoms with Crippen LogP contribution in [0, 0.1) is 11.3 Å². The van der Waals surface area contributed by atoms with Crippen molar-refractivity contribution in [1.82, 2.24) is 10.6 Å². The summed E-state index contributed by atoms with van der Waals surface area (Å²) < 4.78 is 0. The lowest BCUT2D eigenvalue weighted by atomic mass is 9.84. The Balaban J connectivity index is 2.51. The highest BCUT2D eigenvalue weighted by molar-refractivity contribution is 5.79. The van der Waals surface area contributed by atoms with Crippen LogP contribution in [0.25, 0.3) is 0 Å². The Kier molecular flexibility index (Phi) is 5.40. The molecule has 1 aliphatic heterocycles. The smallest absolute Gasteiger partial charge is 0.224 e. The SMILES string of the molecule is CC(C)(C)C(CCO)NC(=O)C1CCCNC1. The van der Waals surface area contributed by atoms with Gasteiger partial charge in [0.25, 0.3) is 0 Å². The zero-order chi connectivity index (χ0) is 12.9. The van der Waals surface area contributed by atoms with E-state index >= 15 is 0 Å². The van der Waals surface area contributed by atoms with Gasteiger partial charge in [0, 0.05) is 19.2 Å². The summed E-state index contributed by atoms with van der Waals surface area (Å²) in [6, 6.07) is 0.0435. The molecular formula is C13H26N2O2. The molecule has 4 nitrogen and oxygen atoms in total. The fraction of sp³-hybridized carbons (Fsp3) is 0.923. The number of rotatable bonds is 4. The van der Waals surface area contributed by atoms with E-state index in [9.17, 15) is 4.79 Å². The summed E-state index contributed by atoms with van der Waals surface area (Å²) in [6.45, 7) is 8.18. The highest BCUT2D eigenvalue weighted by atomic mass is 16.3. The van der Waals surface area contributed by atoms with Crippen molar-refractivity contribution < 1.29 is 9.90 Å². The van der Waals surface area contributed by atoms with Gasteiger partial charge in [-0.2, -0.15) is 0 Å². The molecule has 0 aromatic heterocycles. The van der Waals surface area contributed by atoms with E-state index in [1.165, 1.54) is 0 Å². The van der Waals surface area contributed by atoms with Gasteiger partial charge in [0.05, 0.1) is 5.92 Å². The monoisotopic (exact) mass is 242 g/mol. The van der Waals surface area contributed by atoms with E-state index in [1.807, 2.05) is 0 Å². The van der Waals surface area contributed by atoms with E-state index < -0.39 is 0 Å². The van der Waals surface area contributed by atoms with Crippen LogP contribution in [0.15, 0.2) is 0 Å². The summed E-state index contributed by atoms with van der Waals surface area (Å²) in [4.78, 5) is 12.1. The molecule has 0 bridgehead atoms. The van der Waals surface area contributed by atoms with Gasteiger partial charge < -0.3 is 15.7 Å². The lowest BCUT2D eigenvalue weighted by molar-refractivity contribution is -0.127. The van der Waals surface area contributed by atoms with Crippen LogP contribution in [0.2, 0.25) is 0 Å². The molecule has 0 radical (unpaired) electrons. The molecule has 4 heteroatoms. The molecule has 3 N–H and O–H groups in total. The quantitative estimate of drug-likeness (QED) is 0.686. The van der Waals surface area contributed by atoms with Gasteiger partial charge in [-0.05, 0) is 31.2 Å². The highest BCUT2D eigenvalue weighted by Crippen LogP contribution is 2.22. The van der Waals surface area contributed by atoms with Crippen LogP contribution in [-0.2, 0) is 4.79 Å². The number of aliphatic hydroxyl groups excluding tert-OH is 1. The molecule has 17 heavy (non-hydrogen) atoms. The number of aliphatic hydroxyl groups is 1. The van der Waals surface area contributed by atoms with Crippen LogP contribution in [0.4, 0.5) is 0 Å². The van der Waals surface area contributed by atoms with Crippen molar-refractivity contribution in [3.63, 3.8) is 0 Å². The third-order valence-corrected chi connectivity index (χ3v) is 3.45. The molecule has 0 aliphatic carbocycles. The van der Waals surface area contributed by atoms with Gasteiger partial charge in [-0.3, -0.25) is 4.79 Å². The zero-order valence-corrected chi connectivity index (χ0v) is 11.3. The second-order valence-corrected chi connectivity index (χ2v) is 5.98. The molecule has 1 amide bonds. The number of hydrogen-bond acceptors (Lipinski definition) is 3. The Morgan fingerprint density at radius 2 is 2.24 bits per heavy atom. The number of carbonyl (C=O) groups excluding carboxylic acids is 1. The van der Waals surface area contributed by atoms with E-state index in [0.717, 1.165) is 25.9 Å². The largest absolute Gasteiger partial charge is 0.396 e. The van der Waals surface area contributed by atoms with Crippen molar-refractivity contribution in [2.45, 2.75) is 46.1 Å². The minimum Gasteiger partial charge on any atom is -0.396 e. The van der Waals surface area contributed by atoms with Crippen LogP contribution < -0.4 is 10.6 Å². The summed E-state index contributed by atoms with van der Waals surface area (Å²) in [6.07, 6.45) is 2.66. The highest BCUT2D eigenvalue weighted by Gasteiger charge is 2.29. The number of carbonyl (C=O) groups is 1. The molecule has 1 rings (SSSR count). The molecule has 0 saturated carbocycles. The first-order valence-corrected chi connectivity index (χ1v) is 6.57. The number of nitrogens with one attached hydrogen (secondary N) is 2. The normalized spacial score (nSPS) is 23.2. The van der Waals surface area contributed by atoms with Crippen LogP contribution in [0.1, 0.15) is 40.0 Å². The first-order chi connectivity index (χ1) is 7.95. The lowest BCUT2D eigenvalue weighted by Gasteiger charge is -2.33. The summed E-state index contributed by atoms with van der Waals surface area (Å²) in [5.41, 5.74) is -0.0134. The van der Waals surface area contributed by atoms with Crippen LogP contribution >= 0.6 is 0 Å². The van der Waals surface area contributed by atoms with E-state index in [0.29, 0.717) is 6.42 Å². The van der Waals surface area contributed by atoms with Gasteiger partial charge in [-0.25, -0.2) is 0 Å². The first kappa shape index (κ1) is 14.5. The minimum atomic E-state index is -0.0134. The van der Waals surface area contributed by atoms with Crippen molar-refractivity contribution in [1.29, 1.82) is 0 Å². The van der Waals surface area contributed by atoms with Gasteiger partial charge in [0.1, 0.15) is 0 Å². The van der Waals surface area contributed by atoms with Gasteiger partial charge in [-0.1, -0.05) is 20.8 Å². The Hall–Kier alpha value is -0.610. The third-order valence-electron chi connectivity index (χ3n) is 3.45. The minimum absolute atomic E-state index is 0.0134. The van der Waals surface area contributed by atoms with Crippen LogP contribution in [-0.4, -0.2) is 36.8 Å². The molecule has 1 saturated heterocycles. The molecule has 2 atom stereocenters. The van der Waals surface area contributed by atoms with Crippen molar-refractivity contribution in [2.75, 3.05) is 19.7 Å². The van der Waals surface area contributed by atoms with Gasteiger partial charge in [0.15, 0.2) is 0 Å². The average Bonchev–Trinajstić information content (AvgIpc) is 2.28. The van der Waals surface area contributed by atoms with Crippen LogP contribution in [0.5, 0.6) is 0 Å². The maximum Gasteiger partial charge on any atom is 0.224 e. The summed E-state index contributed by atoms with van der Waals surface area (Å²) >= 11 is 0. The molecule has 0 aromatic rings. The van der Waals surface area contributed by atoms with Gasteiger partial charge in [-0.15, -0.1) is 0 Å². The van der Waals surface area contributed by atoms with E-state index in [1.54, 1.807) is 0 Å². The van der Waals surface area contributed by atoms with Gasteiger partial charge in [0.2, 0.25) is 5.91 Å². The Bertz CT molecular complexity index is 242. The lowest BCUT2D eigenvalue weighted by Crippen LogP contribution is -2.49. The molecule has 1 heterocycles. The molecule has 2 unspecified atom stereocenters. The Labute approximate surface area is 104 Å². The first-order valence-electron chi connectivity index (χ1n) is 6.57. The van der Waals surface area contributed by atoms with Crippen molar-refractivity contribution in [3.05, 3.63) is 0 Å². The van der Waals surface area contributed by atoms with Gasteiger partial charge >= 0.3 is 0 Å². The van der Waals surface area contributed by atoms with E-state index in [4.69, 9.17) is 5.11 Å². The average molecular weight is 242 g/mol. The maximum absolute atomic E-state index is 12.1. The molecule has 100 valence electrons. The molecule has 0 spiro atoms. The van der Waals surface area contributed by atoms with Crippen LogP contribution in [0.3, 0.4) is 0 Å². The molecule has 1 fully saturated rings. The van der Waals surface area contributed by atoms with E-state index in [-0.39, 0.29) is 29.9 Å². The number of amides is 1. The topological polar surface area (TPSA) is 61.4 Å². The van der Waals surface area contributed by atoms with Crippen molar-refractivity contribution >= 4 is 5.91 Å². The number of piperidine rings is 1. The summed E-state index contributed by atoms with van der Waals surface area (Å²) in [7, 11) is 0. The van der Waals surface area contributed by atoms with E-state index in [2.05, 4.69) is 31.4 Å². The molecule has 0 aromatic carbocycles. The van der Waals surface area contributed by atoms with Crippen molar-refractivity contribution in [2.24, 2.45) is 11.3 Å². The maximum atomic E-state index is 12.1. The second-order valence-electron chi connectivity index (χ2n) is 5.98. The molecular weight excluding hydrogens is 216 g/mol. The number of hydrogen-bond donors (Lipinski definition) is 3. The summed E-state index contributed by atoms with van der Waals surface area (Å²) in [5, 5.41) is 15.4. The standard InChI is InChI=1S/C13H26N2O2/c1-13(2,3)11(6-8-16)15-12(17)10-5-4-7-14-9-10/h10-11,14,16H,4-9H2,1-3H3,(H,15,17). The summed E-state index contributed by atoms with van der Waals surface area (Å²) in [5.74, 6) is 0.220.